The number of nitrogens with one attached hydrogen (secondary N) is 1. The van der Waals surface area contributed by atoms with Crippen LogP contribution in [0.15, 0.2) is 59.5 Å². The maximum absolute atomic E-state index is 12.6. The van der Waals surface area contributed by atoms with Crippen molar-refractivity contribution < 1.29 is 4.79 Å². The Bertz CT molecular complexity index is 930. The lowest BCUT2D eigenvalue weighted by atomic mass is 10.1. The minimum Gasteiger partial charge on any atom is -0.398 e. The number of nitrogens with two attached hydrogens (primary N) is 1. The molecule has 0 saturated carbocycles. The molecule has 5 nitrogen and oxygen atoms in total. The highest BCUT2D eigenvalue weighted by Gasteiger charge is 2.15. The first-order chi connectivity index (χ1) is 11.1. The fraction of sp³-hybridized carbons (Fsp3) is 0.111. The Hall–Kier alpha value is -3.08. The minimum absolute atomic E-state index is 0.0915. The second-order valence-electron chi connectivity index (χ2n) is 5.39. The highest BCUT2D eigenvalue weighted by atomic mass is 16.2. The number of carbonyl (C=O) groups excluding carboxylic acids is 1. The first-order valence-corrected chi connectivity index (χ1v) is 7.28. The predicted molar refractivity (Wildman–Crippen MR) is 91.2 cm³/mol. The van der Waals surface area contributed by atoms with Crippen molar-refractivity contribution in [1.29, 1.82) is 0 Å². The lowest BCUT2D eigenvalue weighted by Crippen LogP contribution is -2.29. The van der Waals surface area contributed by atoms with Gasteiger partial charge >= 0.3 is 0 Å². The van der Waals surface area contributed by atoms with E-state index in [9.17, 15) is 9.59 Å². The third kappa shape index (κ3) is 2.81. The monoisotopic (exact) mass is 307 g/mol. The lowest BCUT2D eigenvalue weighted by molar-refractivity contribution is 0.0949. The van der Waals surface area contributed by atoms with Crippen LogP contribution in [0, 0.1) is 0 Å². The molecule has 0 aliphatic heterocycles. The van der Waals surface area contributed by atoms with Gasteiger partial charge in [-0.3, -0.25) is 9.59 Å². The van der Waals surface area contributed by atoms with Gasteiger partial charge in [0.05, 0.1) is 10.9 Å². The van der Waals surface area contributed by atoms with Crippen LogP contribution in [0.4, 0.5) is 5.69 Å². The molecule has 0 atom stereocenters. The molecule has 0 aliphatic rings. The Labute approximate surface area is 133 Å². The average Bonchev–Trinajstić information content (AvgIpc) is 2.56. The summed E-state index contributed by atoms with van der Waals surface area (Å²) >= 11 is 0. The number of anilines is 1. The summed E-state index contributed by atoms with van der Waals surface area (Å²) in [5.74, 6) is -0.403. The lowest BCUT2D eigenvalue weighted by Gasteiger charge is -2.11. The maximum Gasteiger partial charge on any atom is 0.257 e. The quantitative estimate of drug-likeness (QED) is 0.727. The van der Waals surface area contributed by atoms with Gasteiger partial charge in [0.2, 0.25) is 5.43 Å². The molecule has 0 aliphatic carbocycles. The molecule has 0 radical (unpaired) electrons. The number of aryl methyl sites for hydroxylation is 1. The zero-order valence-electron chi connectivity index (χ0n) is 12.7. The Morgan fingerprint density at radius 2 is 1.87 bits per heavy atom. The Balaban J connectivity index is 1.97. The van der Waals surface area contributed by atoms with Crippen LogP contribution < -0.4 is 16.5 Å². The predicted octanol–water partition coefficient (Wildman–Crippen LogP) is 2.05. The molecule has 0 saturated heterocycles. The number of hydrogen-bond acceptors (Lipinski definition) is 3. The second-order valence-corrected chi connectivity index (χ2v) is 5.39. The molecule has 0 bridgehead atoms. The van der Waals surface area contributed by atoms with E-state index >= 15 is 0 Å². The van der Waals surface area contributed by atoms with E-state index in [1.807, 2.05) is 30.3 Å². The maximum atomic E-state index is 12.6. The van der Waals surface area contributed by atoms with Crippen molar-refractivity contribution in [3.8, 4) is 0 Å². The Morgan fingerprint density at radius 1 is 1.13 bits per heavy atom. The molecule has 0 spiro atoms. The van der Waals surface area contributed by atoms with Crippen molar-refractivity contribution in [3.63, 3.8) is 0 Å². The molecule has 3 aromatic rings. The number of pyridine rings is 1. The van der Waals surface area contributed by atoms with Gasteiger partial charge in [-0.05, 0) is 17.7 Å². The highest BCUT2D eigenvalue weighted by molar-refractivity contribution is 6.00. The zero-order chi connectivity index (χ0) is 16.4. The number of fused-ring (bicyclic) bond motifs is 1. The zero-order valence-corrected chi connectivity index (χ0v) is 12.7. The largest absolute Gasteiger partial charge is 0.398 e. The van der Waals surface area contributed by atoms with E-state index < -0.39 is 5.91 Å². The van der Waals surface area contributed by atoms with Crippen LogP contribution in [0.1, 0.15) is 15.9 Å². The molecule has 1 amide bonds. The normalized spacial score (nSPS) is 10.7. The SMILES string of the molecule is Cn1cc(C(=O)NCc2ccccc2)c(=O)c2c(N)cccc21. The Morgan fingerprint density at radius 3 is 2.61 bits per heavy atom. The minimum atomic E-state index is -0.403. The Kier molecular flexibility index (Phi) is 3.85. The standard InChI is InChI=1S/C18H17N3O2/c1-21-11-13(17(22)16-14(19)8-5-9-15(16)21)18(23)20-10-12-6-3-2-4-7-12/h2-9,11H,10,19H2,1H3,(H,20,23). The molecule has 116 valence electrons. The molecule has 1 aromatic heterocycles. The van der Waals surface area contributed by atoms with E-state index in [1.165, 1.54) is 0 Å². The average molecular weight is 307 g/mol. The molecule has 1 heterocycles. The number of aromatic nitrogens is 1. The second kappa shape index (κ2) is 5.96. The summed E-state index contributed by atoms with van der Waals surface area (Å²) in [7, 11) is 1.79. The molecule has 2 aromatic carbocycles. The van der Waals surface area contributed by atoms with Crippen LogP contribution in [-0.4, -0.2) is 10.5 Å². The van der Waals surface area contributed by atoms with Crippen LogP contribution in [0.25, 0.3) is 10.9 Å². The van der Waals surface area contributed by atoms with Gasteiger partial charge in [0.25, 0.3) is 5.91 Å². The van der Waals surface area contributed by atoms with Crippen LogP contribution in [0.3, 0.4) is 0 Å². The van der Waals surface area contributed by atoms with Crippen molar-refractivity contribution >= 4 is 22.5 Å². The molecular formula is C18H17N3O2. The fourth-order valence-corrected chi connectivity index (χ4v) is 2.59. The summed E-state index contributed by atoms with van der Waals surface area (Å²) in [4.78, 5) is 25.0. The van der Waals surface area contributed by atoms with Gasteiger partial charge in [0.15, 0.2) is 0 Å². The van der Waals surface area contributed by atoms with Gasteiger partial charge in [0.1, 0.15) is 5.56 Å². The van der Waals surface area contributed by atoms with Crippen molar-refractivity contribution in [2.24, 2.45) is 7.05 Å². The number of amides is 1. The molecule has 3 N–H and O–H groups in total. The summed E-state index contributed by atoms with van der Waals surface area (Å²) in [6, 6.07) is 14.8. The number of nitrogens with zero attached hydrogens (tertiary/aromatic N) is 1. The summed E-state index contributed by atoms with van der Waals surface area (Å²) in [5, 5.41) is 3.15. The molecular weight excluding hydrogens is 290 g/mol. The summed E-state index contributed by atoms with van der Waals surface area (Å²) < 4.78 is 1.74. The fourth-order valence-electron chi connectivity index (χ4n) is 2.59. The van der Waals surface area contributed by atoms with Crippen molar-refractivity contribution in [2.75, 3.05) is 5.73 Å². The number of benzene rings is 2. The van der Waals surface area contributed by atoms with E-state index in [0.717, 1.165) is 5.56 Å². The van der Waals surface area contributed by atoms with Gasteiger partial charge in [0, 0.05) is 25.5 Å². The van der Waals surface area contributed by atoms with Gasteiger partial charge in [-0.2, -0.15) is 0 Å². The van der Waals surface area contributed by atoms with Gasteiger partial charge in [-0.15, -0.1) is 0 Å². The van der Waals surface area contributed by atoms with Gasteiger partial charge in [-0.1, -0.05) is 36.4 Å². The number of hydrogen-bond donors (Lipinski definition) is 2. The smallest absolute Gasteiger partial charge is 0.257 e. The molecule has 23 heavy (non-hydrogen) atoms. The van der Waals surface area contributed by atoms with Crippen molar-refractivity contribution in [2.45, 2.75) is 6.54 Å². The van der Waals surface area contributed by atoms with Crippen LogP contribution in [0.5, 0.6) is 0 Å². The van der Waals surface area contributed by atoms with E-state index in [1.54, 1.807) is 36.0 Å². The molecule has 5 heteroatoms. The third-order valence-corrected chi connectivity index (χ3v) is 3.79. The van der Waals surface area contributed by atoms with Crippen LogP contribution >= 0.6 is 0 Å². The summed E-state index contributed by atoms with van der Waals surface area (Å²) in [6.45, 7) is 0.366. The first kappa shape index (κ1) is 14.8. The third-order valence-electron chi connectivity index (χ3n) is 3.79. The van der Waals surface area contributed by atoms with E-state index in [0.29, 0.717) is 23.1 Å². The summed E-state index contributed by atoms with van der Waals surface area (Å²) in [5.41, 5.74) is 7.71. The van der Waals surface area contributed by atoms with Crippen LogP contribution in [0.2, 0.25) is 0 Å². The number of carbonyl (C=O) groups is 1. The van der Waals surface area contributed by atoms with Crippen molar-refractivity contribution in [3.05, 3.63) is 76.1 Å². The number of nitrogen functional groups attached to an aromatic ring is 1. The first-order valence-electron chi connectivity index (χ1n) is 7.28. The summed E-state index contributed by atoms with van der Waals surface area (Å²) in [6.07, 6.45) is 1.55. The van der Waals surface area contributed by atoms with E-state index in [4.69, 9.17) is 5.73 Å². The highest BCUT2D eigenvalue weighted by Crippen LogP contribution is 2.17. The molecule has 0 unspecified atom stereocenters. The molecule has 3 rings (SSSR count). The van der Waals surface area contributed by atoms with Gasteiger partial charge in [-0.25, -0.2) is 0 Å². The molecule has 0 fully saturated rings. The van der Waals surface area contributed by atoms with Gasteiger partial charge < -0.3 is 15.6 Å². The van der Waals surface area contributed by atoms with E-state index in [-0.39, 0.29) is 11.0 Å². The topological polar surface area (TPSA) is 77.1 Å². The number of rotatable bonds is 3. The van der Waals surface area contributed by atoms with Crippen molar-refractivity contribution in [1.82, 2.24) is 9.88 Å². The van der Waals surface area contributed by atoms with E-state index in [2.05, 4.69) is 5.32 Å². The van der Waals surface area contributed by atoms with Crippen LogP contribution in [-0.2, 0) is 13.6 Å².